The number of aromatic amines is 1. The minimum atomic E-state index is -1.93. The summed E-state index contributed by atoms with van der Waals surface area (Å²) in [7, 11) is 16.1. The number of benzene rings is 1. The van der Waals surface area contributed by atoms with E-state index in [4.69, 9.17) is 23.5 Å². The van der Waals surface area contributed by atoms with Gasteiger partial charge in [-0.25, -0.2) is 9.37 Å². The molecule has 1 aliphatic carbocycles. The molecule has 1 aliphatic heterocycles. The quantitative estimate of drug-likeness (QED) is 0.413. The van der Waals surface area contributed by atoms with Crippen LogP contribution in [0.1, 0.15) is 41.4 Å². The Labute approximate surface area is 217 Å². The van der Waals surface area contributed by atoms with Crippen molar-refractivity contribution in [1.82, 2.24) is 20.2 Å². The van der Waals surface area contributed by atoms with Gasteiger partial charge in [-0.2, -0.15) is 4.39 Å². The van der Waals surface area contributed by atoms with Gasteiger partial charge in [0.15, 0.2) is 0 Å². The SMILES string of the molecule is [B]C([B])([B])NC(=O)c1ccc(N2CCN(C3CCC(c4cc5cccc(F)c5c(=O)[nH]4)C3)CC2)c(F)n1. The van der Waals surface area contributed by atoms with E-state index in [1.165, 1.54) is 18.2 Å². The van der Waals surface area contributed by atoms with Crippen LogP contribution in [0.15, 0.2) is 41.2 Å². The summed E-state index contributed by atoms with van der Waals surface area (Å²) in [6.45, 7) is 2.70. The second-order valence-electron chi connectivity index (χ2n) is 9.84. The van der Waals surface area contributed by atoms with Crippen molar-refractivity contribution in [2.45, 2.75) is 36.5 Å². The maximum atomic E-state index is 14.7. The molecule has 1 saturated heterocycles. The first kappa shape index (κ1) is 25.5. The fourth-order valence-electron chi connectivity index (χ4n) is 5.47. The number of piperazine rings is 1. The lowest BCUT2D eigenvalue weighted by Gasteiger charge is -2.39. The van der Waals surface area contributed by atoms with Gasteiger partial charge in [-0.15, -0.1) is 0 Å². The molecule has 2 aromatic heterocycles. The van der Waals surface area contributed by atoms with Crippen molar-refractivity contribution in [1.29, 1.82) is 0 Å². The van der Waals surface area contributed by atoms with E-state index in [1.807, 2.05) is 11.0 Å². The highest BCUT2D eigenvalue weighted by atomic mass is 19.1. The standard InChI is InChI=1S/C25H24B3F2N5O2/c26-25(27,28)33-23(36)18-6-7-20(22(30)31-18)35-10-8-34(9-11-35)16-5-4-14(12-16)19-13-15-2-1-3-17(29)21(15)24(37)32-19/h1-3,6-7,13-14,16H,4-5,8-12H2,(H,32,37)(H,33,36). The molecule has 3 heterocycles. The number of carbonyl (C=O) groups excluding carboxylic acids is 1. The van der Waals surface area contributed by atoms with Crippen molar-refractivity contribution >= 4 is 45.9 Å². The molecular formula is C25H24B3F2N5O2. The number of halogens is 2. The van der Waals surface area contributed by atoms with Gasteiger partial charge in [0.1, 0.15) is 11.5 Å². The molecule has 5 rings (SSSR count). The summed E-state index contributed by atoms with van der Waals surface area (Å²) in [5, 5.41) is 0.921. The third-order valence-corrected chi connectivity index (χ3v) is 7.25. The van der Waals surface area contributed by atoms with Crippen molar-refractivity contribution in [3.8, 4) is 0 Å². The van der Waals surface area contributed by atoms with Gasteiger partial charge in [-0.05, 0) is 48.9 Å². The lowest BCUT2D eigenvalue weighted by atomic mass is 9.49. The lowest BCUT2D eigenvalue weighted by molar-refractivity contribution is 0.0946. The first-order valence-electron chi connectivity index (χ1n) is 12.2. The van der Waals surface area contributed by atoms with E-state index in [-0.39, 0.29) is 17.0 Å². The summed E-state index contributed by atoms with van der Waals surface area (Å²) in [5.41, 5.74) is 0.603. The lowest BCUT2D eigenvalue weighted by Crippen LogP contribution is -2.50. The number of aromatic nitrogens is 2. The van der Waals surface area contributed by atoms with Crippen molar-refractivity contribution in [2.75, 3.05) is 31.1 Å². The molecule has 7 nitrogen and oxygen atoms in total. The topological polar surface area (TPSA) is 81.3 Å². The van der Waals surface area contributed by atoms with E-state index in [1.54, 1.807) is 12.1 Å². The van der Waals surface area contributed by atoms with Crippen LogP contribution in [0.3, 0.4) is 0 Å². The van der Waals surface area contributed by atoms with Crippen LogP contribution < -0.4 is 15.8 Å². The van der Waals surface area contributed by atoms with Gasteiger partial charge in [0, 0.05) is 43.8 Å². The molecule has 1 aromatic carbocycles. The van der Waals surface area contributed by atoms with Gasteiger partial charge >= 0.3 is 0 Å². The van der Waals surface area contributed by atoms with Crippen molar-refractivity contribution in [3.05, 3.63) is 69.9 Å². The van der Waals surface area contributed by atoms with E-state index in [0.717, 1.165) is 38.0 Å². The first-order valence-corrected chi connectivity index (χ1v) is 12.2. The Morgan fingerprint density at radius 3 is 2.54 bits per heavy atom. The minimum absolute atomic E-state index is 0.0959. The van der Waals surface area contributed by atoms with E-state index in [9.17, 15) is 18.4 Å². The van der Waals surface area contributed by atoms with Gasteiger partial charge in [0.05, 0.1) is 34.6 Å². The highest BCUT2D eigenvalue weighted by molar-refractivity contribution is 6.60. The summed E-state index contributed by atoms with van der Waals surface area (Å²) in [6.07, 6.45) is 2.80. The van der Waals surface area contributed by atoms with Crippen molar-refractivity contribution in [2.24, 2.45) is 0 Å². The Kier molecular flexibility index (Phi) is 6.87. The van der Waals surface area contributed by atoms with Crippen LogP contribution in [0.5, 0.6) is 0 Å². The molecule has 1 saturated carbocycles. The van der Waals surface area contributed by atoms with E-state index >= 15 is 0 Å². The number of hydrogen-bond acceptors (Lipinski definition) is 5. The molecule has 2 atom stereocenters. The van der Waals surface area contributed by atoms with Crippen LogP contribution in [0, 0.1) is 11.8 Å². The van der Waals surface area contributed by atoms with E-state index in [2.05, 4.69) is 20.2 Å². The summed E-state index contributed by atoms with van der Waals surface area (Å²) >= 11 is 0. The van der Waals surface area contributed by atoms with Crippen LogP contribution in [0.25, 0.3) is 10.8 Å². The number of nitrogens with zero attached hydrogens (tertiary/aromatic N) is 3. The Bertz CT molecular complexity index is 1390. The third kappa shape index (κ3) is 5.44. The second kappa shape index (κ2) is 9.97. The maximum absolute atomic E-state index is 14.7. The largest absolute Gasteiger partial charge is 0.371 e. The number of H-pyrrole nitrogens is 1. The zero-order valence-electron chi connectivity index (χ0n) is 20.2. The zero-order valence-corrected chi connectivity index (χ0v) is 20.2. The van der Waals surface area contributed by atoms with Gasteiger partial charge in [-0.3, -0.25) is 14.5 Å². The average molecular weight is 497 g/mol. The molecule has 184 valence electrons. The highest BCUT2D eigenvalue weighted by Gasteiger charge is 2.33. The molecule has 12 heteroatoms. The van der Waals surface area contributed by atoms with Crippen molar-refractivity contribution in [3.63, 3.8) is 0 Å². The smallest absolute Gasteiger partial charge is 0.268 e. The van der Waals surface area contributed by atoms with Gasteiger partial charge in [0.25, 0.3) is 11.5 Å². The number of pyridine rings is 2. The molecule has 2 N–H and O–H groups in total. The molecule has 37 heavy (non-hydrogen) atoms. The fourth-order valence-corrected chi connectivity index (χ4v) is 5.47. The number of carbonyl (C=O) groups is 1. The molecule has 0 bridgehead atoms. The predicted molar refractivity (Wildman–Crippen MR) is 140 cm³/mol. The minimum Gasteiger partial charge on any atom is -0.371 e. The van der Waals surface area contributed by atoms with E-state index in [0.29, 0.717) is 30.2 Å². The summed E-state index contributed by atoms with van der Waals surface area (Å²) in [4.78, 5) is 35.5. The molecule has 2 unspecified atom stereocenters. The fraction of sp³-hybridized carbons (Fsp3) is 0.400. The van der Waals surface area contributed by atoms with Crippen LogP contribution in [0.2, 0.25) is 0 Å². The Balaban J connectivity index is 1.20. The van der Waals surface area contributed by atoms with E-state index < -0.39 is 28.5 Å². The predicted octanol–water partition coefficient (Wildman–Crippen LogP) is 1.51. The second-order valence-corrected chi connectivity index (χ2v) is 9.84. The van der Waals surface area contributed by atoms with Crippen LogP contribution in [0.4, 0.5) is 14.5 Å². The number of rotatable bonds is 5. The normalized spacial score (nSPS) is 20.9. The molecule has 1 amide bonds. The van der Waals surface area contributed by atoms with Crippen LogP contribution in [-0.4, -0.2) is 81.8 Å². The zero-order chi connectivity index (χ0) is 26.3. The van der Waals surface area contributed by atoms with Crippen molar-refractivity contribution < 1.29 is 13.6 Å². The molecular weight excluding hydrogens is 473 g/mol. The summed E-state index contributed by atoms with van der Waals surface area (Å²) in [5.74, 6) is -1.84. The molecule has 6 radical (unpaired) electrons. The number of anilines is 1. The van der Waals surface area contributed by atoms with Crippen LogP contribution in [-0.2, 0) is 0 Å². The first-order chi connectivity index (χ1) is 17.6. The Hall–Kier alpha value is -3.14. The molecule has 2 fully saturated rings. The molecule has 3 aromatic rings. The highest BCUT2D eigenvalue weighted by Crippen LogP contribution is 2.37. The summed E-state index contributed by atoms with van der Waals surface area (Å²) < 4.78 is 28.8. The number of nitrogens with one attached hydrogen (secondary N) is 2. The maximum Gasteiger partial charge on any atom is 0.268 e. The average Bonchev–Trinajstić information content (AvgIpc) is 3.33. The number of amides is 1. The monoisotopic (exact) mass is 497 g/mol. The van der Waals surface area contributed by atoms with Crippen LogP contribution >= 0.6 is 0 Å². The van der Waals surface area contributed by atoms with Gasteiger partial charge < -0.3 is 15.2 Å². The number of fused-ring (bicyclic) bond motifs is 1. The molecule has 2 aliphatic rings. The molecule has 0 spiro atoms. The van der Waals surface area contributed by atoms with Gasteiger partial charge in [-0.1, -0.05) is 17.4 Å². The Morgan fingerprint density at radius 1 is 1.08 bits per heavy atom. The number of hydrogen-bond donors (Lipinski definition) is 2. The van der Waals surface area contributed by atoms with Gasteiger partial charge in [0.2, 0.25) is 5.95 Å². The third-order valence-electron chi connectivity index (χ3n) is 7.25. The Morgan fingerprint density at radius 2 is 1.84 bits per heavy atom. The summed E-state index contributed by atoms with van der Waals surface area (Å²) in [6, 6.07) is 9.83.